The summed E-state index contributed by atoms with van der Waals surface area (Å²) in [6.07, 6.45) is 6.79. The zero-order chi connectivity index (χ0) is 38.6. The summed E-state index contributed by atoms with van der Waals surface area (Å²) < 4.78 is 187. The molecule has 0 radical (unpaired) electrons. The summed E-state index contributed by atoms with van der Waals surface area (Å²) in [5.74, 6) is -23.2. The molecule has 0 bridgehead atoms. The van der Waals surface area contributed by atoms with Crippen LogP contribution < -0.4 is 16.1 Å². The molecule has 0 saturated carbocycles. The number of rotatable bonds is 10. The average Bonchev–Trinajstić information content (AvgIpc) is 3.86. The first-order valence-electron chi connectivity index (χ1n) is 15.4. The van der Waals surface area contributed by atoms with Crippen LogP contribution in [0.5, 0.6) is 11.5 Å². The van der Waals surface area contributed by atoms with E-state index in [2.05, 4.69) is 8.37 Å². The van der Waals surface area contributed by atoms with Crippen LogP contribution in [-0.4, -0.2) is 16.8 Å². The fourth-order valence-corrected chi connectivity index (χ4v) is 16.2. The first-order chi connectivity index (χ1) is 24.9. The van der Waals surface area contributed by atoms with Crippen LogP contribution in [0.15, 0.2) is 103 Å². The van der Waals surface area contributed by atoms with Gasteiger partial charge in [0.1, 0.15) is 0 Å². The van der Waals surface area contributed by atoms with Gasteiger partial charge in [0.25, 0.3) is 0 Å². The van der Waals surface area contributed by atoms with Gasteiger partial charge < -0.3 is 0 Å². The van der Waals surface area contributed by atoms with Crippen molar-refractivity contribution in [3.05, 3.63) is 150 Å². The van der Waals surface area contributed by atoms with Gasteiger partial charge in [-0.3, -0.25) is 0 Å². The third-order valence-electron chi connectivity index (χ3n) is 8.71. The fourth-order valence-electron chi connectivity index (χ4n) is 6.18. The molecule has 6 rings (SSSR count). The average molecular weight is 817 g/mol. The van der Waals surface area contributed by atoms with Crippen molar-refractivity contribution in [3.8, 4) is 11.5 Å². The zero-order valence-corrected chi connectivity index (χ0v) is 30.5. The van der Waals surface area contributed by atoms with Crippen LogP contribution >= 0.6 is 0 Å². The molecule has 53 heavy (non-hydrogen) atoms. The molecule has 0 heterocycles. The van der Waals surface area contributed by atoms with E-state index < -0.39 is 112 Å². The standard InChI is InChI=1S/2C13H7F4O3S.2C5H5.Ti/c2*1-7-2-4-8(5-3-7)21(18,19)20-13-11(16)9(14)6-10(15)12(13)17;2*1-2-4-5-3-1;/h2*2-5H,1H3;2*1-3H,4H2;. The van der Waals surface area contributed by atoms with Crippen molar-refractivity contribution in [1.29, 1.82) is 0 Å². The predicted molar refractivity (Wildman–Crippen MR) is 173 cm³/mol. The maximum atomic E-state index is 16.6. The van der Waals surface area contributed by atoms with Crippen LogP contribution in [0.25, 0.3) is 0 Å². The van der Waals surface area contributed by atoms with Crippen molar-refractivity contribution < 1.29 is 76.9 Å². The number of hydrogen-bond donors (Lipinski definition) is 0. The zero-order valence-electron chi connectivity index (χ0n) is 27.3. The summed E-state index contributed by atoms with van der Waals surface area (Å²) in [5, 5.41) is 0. The second-order valence-electron chi connectivity index (χ2n) is 12.0. The van der Waals surface area contributed by atoms with Crippen molar-refractivity contribution in [2.75, 3.05) is 0 Å². The van der Waals surface area contributed by atoms with E-state index in [1.54, 1.807) is 13.8 Å². The summed E-state index contributed by atoms with van der Waals surface area (Å²) in [4.78, 5) is -1.30. The molecule has 6 nitrogen and oxygen atoms in total. The molecular weight excluding hydrogens is 792 g/mol. The monoisotopic (exact) mass is 816 g/mol. The molecule has 4 aromatic carbocycles. The van der Waals surface area contributed by atoms with Gasteiger partial charge >= 0.3 is 303 Å². The Kier molecular flexibility index (Phi) is 10.1. The van der Waals surface area contributed by atoms with E-state index in [0.717, 1.165) is 36.4 Å². The van der Waals surface area contributed by atoms with Crippen molar-refractivity contribution >= 4 is 28.0 Å². The van der Waals surface area contributed by atoms with Crippen LogP contribution in [0.3, 0.4) is 0 Å². The molecular formula is C36H24F8O6S2Ti. The first-order valence-corrected chi connectivity index (χ1v) is 21.3. The van der Waals surface area contributed by atoms with E-state index in [-0.39, 0.29) is 20.6 Å². The molecule has 0 atom stereocenters. The molecule has 2 aliphatic carbocycles. The van der Waals surface area contributed by atoms with Crippen molar-refractivity contribution in [3.63, 3.8) is 0 Å². The molecule has 0 N–H and O–H groups in total. The molecule has 0 aliphatic heterocycles. The number of allylic oxidation sites excluding steroid dienone is 8. The van der Waals surface area contributed by atoms with Crippen LogP contribution in [0.4, 0.5) is 35.1 Å². The Morgan fingerprint density at radius 1 is 0.491 bits per heavy atom. The van der Waals surface area contributed by atoms with Gasteiger partial charge in [-0.1, -0.05) is 0 Å². The van der Waals surface area contributed by atoms with E-state index >= 15 is 35.1 Å². The number of halogens is 8. The van der Waals surface area contributed by atoms with Crippen molar-refractivity contribution in [2.24, 2.45) is 0 Å². The normalized spacial score (nSPS) is 14.5. The van der Waals surface area contributed by atoms with Crippen molar-refractivity contribution in [2.45, 2.75) is 36.5 Å². The van der Waals surface area contributed by atoms with E-state index in [1.165, 1.54) is 48.6 Å². The van der Waals surface area contributed by atoms with Gasteiger partial charge in [0.05, 0.1) is 0 Å². The minimum atomic E-state index is -6.38. The summed E-state index contributed by atoms with van der Waals surface area (Å²) in [6, 6.07) is 9.19. The summed E-state index contributed by atoms with van der Waals surface area (Å²) in [5.41, 5.74) is 1.16. The third-order valence-corrected chi connectivity index (χ3v) is 19.1. The van der Waals surface area contributed by atoms with E-state index in [0.29, 0.717) is 11.1 Å². The quantitative estimate of drug-likeness (QED) is 0.0705. The molecule has 17 heteroatoms. The van der Waals surface area contributed by atoms with Gasteiger partial charge in [0, 0.05) is 0 Å². The first kappa shape index (κ1) is 38.2. The second kappa shape index (κ2) is 14.0. The number of hydrogen-bond acceptors (Lipinski definition) is 6. The minimum absolute atomic E-state index is 0.255. The maximum absolute atomic E-state index is 16.6. The SMILES string of the molecule is Cc1ccc(S(=O)(=O)Oc2c(F)c(F)[c]([Ti]([C]3=CC=CC3)([C]3=CC=CC3)[c]3c(F)c(F)c(OS(=O)(=O)c4ccc(C)cc4)c(F)c3F)c(F)c2F)cc1. The van der Waals surface area contributed by atoms with Gasteiger partial charge in [0.2, 0.25) is 0 Å². The Hall–Kier alpha value is -4.51. The predicted octanol–water partition coefficient (Wildman–Crippen LogP) is 7.74. The molecule has 0 spiro atoms. The van der Waals surface area contributed by atoms with Gasteiger partial charge in [-0.15, -0.1) is 0 Å². The van der Waals surface area contributed by atoms with E-state index in [9.17, 15) is 16.8 Å². The molecule has 276 valence electrons. The molecule has 4 aromatic rings. The Morgan fingerprint density at radius 2 is 0.792 bits per heavy atom. The van der Waals surface area contributed by atoms with Gasteiger partial charge in [-0.25, -0.2) is 0 Å². The molecule has 2 aliphatic rings. The Bertz CT molecular complexity index is 2300. The van der Waals surface area contributed by atoms with Crippen LogP contribution in [0, 0.1) is 60.4 Å². The fraction of sp³-hybridized carbons (Fsp3) is 0.111. The second-order valence-corrected chi connectivity index (χ2v) is 21.0. The molecule has 0 fully saturated rings. The topological polar surface area (TPSA) is 86.7 Å². The molecule has 0 unspecified atom stereocenters. The number of aryl methyl sites for hydroxylation is 2. The van der Waals surface area contributed by atoms with Gasteiger partial charge in [-0.05, 0) is 0 Å². The van der Waals surface area contributed by atoms with Crippen LogP contribution in [0.2, 0.25) is 0 Å². The Labute approximate surface area is 302 Å². The summed E-state index contributed by atoms with van der Waals surface area (Å²) >= 11 is -6.38. The van der Waals surface area contributed by atoms with Gasteiger partial charge in [-0.2, -0.15) is 0 Å². The molecule has 0 aromatic heterocycles. The summed E-state index contributed by atoms with van der Waals surface area (Å²) in [6.45, 7) is 3.19. The van der Waals surface area contributed by atoms with Gasteiger partial charge in [0.15, 0.2) is 0 Å². The summed E-state index contributed by atoms with van der Waals surface area (Å²) in [7, 11) is -10.3. The molecule has 0 saturated heterocycles. The van der Waals surface area contributed by atoms with Crippen LogP contribution in [0.1, 0.15) is 24.0 Å². The van der Waals surface area contributed by atoms with Crippen molar-refractivity contribution in [1.82, 2.24) is 0 Å². The van der Waals surface area contributed by atoms with E-state index in [1.807, 2.05) is 0 Å². The Balaban J connectivity index is 1.62. The van der Waals surface area contributed by atoms with Crippen LogP contribution in [-0.2, 0) is 36.8 Å². The Morgan fingerprint density at radius 3 is 1.06 bits per heavy atom. The number of benzene rings is 4. The molecule has 0 amide bonds. The van der Waals surface area contributed by atoms with E-state index in [4.69, 9.17) is 0 Å². The third kappa shape index (κ3) is 6.45.